The number of aryl methyl sites for hydroxylation is 2. The van der Waals surface area contributed by atoms with Crippen LogP contribution in [0, 0.1) is 13.8 Å². The van der Waals surface area contributed by atoms with Crippen molar-refractivity contribution in [3.8, 4) is 0 Å². The van der Waals surface area contributed by atoms with Crippen LogP contribution < -0.4 is 10.9 Å². The normalized spacial score (nSPS) is 11.8. The topological polar surface area (TPSA) is 48.1 Å². The summed E-state index contributed by atoms with van der Waals surface area (Å²) in [5, 5.41) is 5.15. The molecule has 0 unspecified atom stereocenters. The minimum Gasteiger partial charge on any atom is -0.356 e. The summed E-state index contributed by atoms with van der Waals surface area (Å²) in [6.07, 6.45) is 0. The highest BCUT2D eigenvalue weighted by Crippen LogP contribution is 2.21. The third-order valence-corrected chi connectivity index (χ3v) is 6.40. The lowest BCUT2D eigenvalue weighted by molar-refractivity contribution is 0.392. The predicted molar refractivity (Wildman–Crippen MR) is 140 cm³/mol. The van der Waals surface area contributed by atoms with Gasteiger partial charge in [0.15, 0.2) is 5.11 Å². The van der Waals surface area contributed by atoms with Crippen molar-refractivity contribution in [2.75, 3.05) is 0 Å². The van der Waals surface area contributed by atoms with Crippen LogP contribution in [0.15, 0.2) is 83.7 Å². The lowest BCUT2D eigenvalue weighted by atomic mass is 10.0. The zero-order valence-electron chi connectivity index (χ0n) is 19.3. The first kappa shape index (κ1) is 22.7. The van der Waals surface area contributed by atoms with E-state index in [1.165, 1.54) is 0 Å². The minimum atomic E-state index is -0.0758. The number of nitrogens with zero attached hydrogens (tertiary/aromatic N) is 1. The molecule has 1 aromatic heterocycles. The highest BCUT2D eigenvalue weighted by Gasteiger charge is 2.17. The van der Waals surface area contributed by atoms with Crippen molar-refractivity contribution in [3.63, 3.8) is 0 Å². The molecule has 2 N–H and O–H groups in total. The summed E-state index contributed by atoms with van der Waals surface area (Å²) in [6.45, 7) is 7.21. The largest absolute Gasteiger partial charge is 0.356 e. The monoisotopic (exact) mass is 455 g/mol. The molecule has 1 atom stereocenters. The van der Waals surface area contributed by atoms with Crippen LogP contribution >= 0.6 is 12.2 Å². The standard InChI is InChI=1S/C28H29N3OS/c1-19-14-15-20(2)26-25(19)16-24(27(32)30-26)18-31(17-22-10-6-4-7-11-22)28(33)29-21(3)23-12-8-5-9-13-23/h4-16,21H,17-18H2,1-3H3,(H,29,33)(H,30,32)/t21-/m1/s1. The Hall–Kier alpha value is -3.44. The van der Waals surface area contributed by atoms with Crippen molar-refractivity contribution in [2.45, 2.75) is 39.9 Å². The molecule has 0 saturated heterocycles. The van der Waals surface area contributed by atoms with Gasteiger partial charge in [0.1, 0.15) is 0 Å². The van der Waals surface area contributed by atoms with Gasteiger partial charge in [0.25, 0.3) is 5.56 Å². The van der Waals surface area contributed by atoms with Crippen molar-refractivity contribution in [2.24, 2.45) is 0 Å². The van der Waals surface area contributed by atoms with Crippen molar-refractivity contribution < 1.29 is 0 Å². The summed E-state index contributed by atoms with van der Waals surface area (Å²) in [5.41, 5.74) is 6.02. The molecule has 5 heteroatoms. The quantitative estimate of drug-likeness (QED) is 0.362. The fourth-order valence-electron chi connectivity index (χ4n) is 4.05. The van der Waals surface area contributed by atoms with Crippen molar-refractivity contribution in [1.82, 2.24) is 15.2 Å². The zero-order chi connectivity index (χ0) is 23.4. The Kier molecular flexibility index (Phi) is 6.90. The summed E-state index contributed by atoms with van der Waals surface area (Å²) in [4.78, 5) is 18.2. The molecule has 1 heterocycles. The first-order chi connectivity index (χ1) is 15.9. The maximum absolute atomic E-state index is 13.0. The number of rotatable bonds is 6. The number of thiocarbonyl (C=S) groups is 1. The van der Waals surface area contributed by atoms with Crippen molar-refractivity contribution in [1.29, 1.82) is 0 Å². The Balaban J connectivity index is 1.65. The van der Waals surface area contributed by atoms with E-state index in [4.69, 9.17) is 12.2 Å². The van der Waals surface area contributed by atoms with Crippen LogP contribution in [0.3, 0.4) is 0 Å². The van der Waals surface area contributed by atoms with Crippen molar-refractivity contribution in [3.05, 3.63) is 117 Å². The number of fused-ring (bicyclic) bond motifs is 1. The molecule has 0 aliphatic heterocycles. The molecule has 0 amide bonds. The molecular weight excluding hydrogens is 426 g/mol. The Morgan fingerprint density at radius 1 is 0.939 bits per heavy atom. The summed E-state index contributed by atoms with van der Waals surface area (Å²) < 4.78 is 0. The summed E-state index contributed by atoms with van der Waals surface area (Å²) >= 11 is 5.84. The number of aromatic amines is 1. The van der Waals surface area contributed by atoms with Gasteiger partial charge in [-0.05, 0) is 61.3 Å². The molecule has 4 rings (SSSR count). The highest BCUT2D eigenvalue weighted by molar-refractivity contribution is 7.80. The second-order valence-electron chi connectivity index (χ2n) is 8.54. The first-order valence-electron chi connectivity index (χ1n) is 11.2. The summed E-state index contributed by atoms with van der Waals surface area (Å²) in [6, 6.07) is 26.6. The van der Waals surface area contributed by atoms with Gasteiger partial charge in [-0.25, -0.2) is 0 Å². The smallest absolute Gasteiger partial charge is 0.253 e. The number of H-pyrrole nitrogens is 1. The number of hydrogen-bond acceptors (Lipinski definition) is 2. The fraction of sp³-hybridized carbons (Fsp3) is 0.214. The van der Waals surface area contributed by atoms with E-state index in [-0.39, 0.29) is 11.6 Å². The Morgan fingerprint density at radius 3 is 2.27 bits per heavy atom. The van der Waals surface area contributed by atoms with Crippen LogP contribution in [-0.2, 0) is 13.1 Å². The second kappa shape index (κ2) is 10.0. The number of nitrogens with one attached hydrogen (secondary N) is 2. The van der Waals surface area contributed by atoms with Gasteiger partial charge in [-0.2, -0.15) is 0 Å². The molecule has 4 aromatic rings. The molecule has 0 spiro atoms. The van der Waals surface area contributed by atoms with E-state index in [0.717, 1.165) is 33.2 Å². The molecule has 33 heavy (non-hydrogen) atoms. The van der Waals surface area contributed by atoms with E-state index in [1.54, 1.807) is 0 Å². The van der Waals surface area contributed by atoms with Crippen LogP contribution in [0.25, 0.3) is 10.9 Å². The van der Waals surface area contributed by atoms with Gasteiger partial charge < -0.3 is 15.2 Å². The Morgan fingerprint density at radius 2 is 1.58 bits per heavy atom. The van der Waals surface area contributed by atoms with Gasteiger partial charge in [-0.3, -0.25) is 4.79 Å². The summed E-state index contributed by atoms with van der Waals surface area (Å²) in [5.74, 6) is 0. The number of aromatic nitrogens is 1. The van der Waals surface area contributed by atoms with Crippen LogP contribution in [0.5, 0.6) is 0 Å². The molecule has 0 aliphatic carbocycles. The van der Waals surface area contributed by atoms with Crippen LogP contribution in [0.4, 0.5) is 0 Å². The van der Waals surface area contributed by atoms with Crippen molar-refractivity contribution >= 4 is 28.2 Å². The van der Waals surface area contributed by atoms with Gasteiger partial charge in [-0.15, -0.1) is 0 Å². The Labute approximate surface area is 200 Å². The van der Waals surface area contributed by atoms with E-state index in [9.17, 15) is 4.79 Å². The minimum absolute atomic E-state index is 0.0526. The molecule has 3 aromatic carbocycles. The maximum Gasteiger partial charge on any atom is 0.253 e. The molecule has 168 valence electrons. The van der Waals surface area contributed by atoms with Crippen LogP contribution in [-0.4, -0.2) is 15.0 Å². The molecule has 0 fully saturated rings. The average molecular weight is 456 g/mol. The third-order valence-electron chi connectivity index (χ3n) is 6.02. The second-order valence-corrected chi connectivity index (χ2v) is 8.92. The van der Waals surface area contributed by atoms with E-state index >= 15 is 0 Å². The van der Waals surface area contributed by atoms with E-state index in [0.29, 0.717) is 23.8 Å². The van der Waals surface area contributed by atoms with E-state index in [2.05, 4.69) is 59.4 Å². The average Bonchev–Trinajstić information content (AvgIpc) is 2.83. The van der Waals surface area contributed by atoms with E-state index < -0.39 is 0 Å². The lowest BCUT2D eigenvalue weighted by Gasteiger charge is -2.28. The third kappa shape index (κ3) is 5.32. The van der Waals surface area contributed by atoms with E-state index in [1.807, 2.05) is 55.5 Å². The predicted octanol–water partition coefficient (Wildman–Crippen LogP) is 5.78. The van der Waals surface area contributed by atoms with Gasteiger partial charge >= 0.3 is 0 Å². The molecule has 4 nitrogen and oxygen atoms in total. The maximum atomic E-state index is 13.0. The molecule has 0 aliphatic rings. The molecular formula is C28H29N3OS. The zero-order valence-corrected chi connectivity index (χ0v) is 20.1. The van der Waals surface area contributed by atoms with Crippen LogP contribution in [0.1, 0.15) is 40.8 Å². The number of pyridine rings is 1. The Bertz CT molecular complexity index is 1320. The van der Waals surface area contributed by atoms with Gasteiger partial charge in [0, 0.05) is 17.5 Å². The highest BCUT2D eigenvalue weighted by atomic mass is 32.1. The lowest BCUT2D eigenvalue weighted by Crippen LogP contribution is -2.41. The van der Waals surface area contributed by atoms with Gasteiger partial charge in [0.2, 0.25) is 0 Å². The first-order valence-corrected chi connectivity index (χ1v) is 11.6. The van der Waals surface area contributed by atoms with Crippen LogP contribution in [0.2, 0.25) is 0 Å². The SMILES string of the molecule is Cc1ccc(C)c2[nH]c(=O)c(CN(Cc3ccccc3)C(=S)N[C@H](C)c3ccccc3)cc12. The molecule has 0 radical (unpaired) electrons. The van der Waals surface area contributed by atoms with Gasteiger partial charge in [0.05, 0.1) is 18.1 Å². The van der Waals surface area contributed by atoms with Gasteiger partial charge in [-0.1, -0.05) is 72.8 Å². The summed E-state index contributed by atoms with van der Waals surface area (Å²) in [7, 11) is 0. The number of hydrogen-bond donors (Lipinski definition) is 2. The molecule has 0 saturated carbocycles. The number of benzene rings is 3. The fourth-order valence-corrected chi connectivity index (χ4v) is 4.35. The molecule has 0 bridgehead atoms.